The minimum atomic E-state index is -0.598. The molecule has 0 spiro atoms. The van der Waals surface area contributed by atoms with Crippen LogP contribution in [-0.2, 0) is 6.42 Å². The van der Waals surface area contributed by atoms with Crippen LogP contribution in [0.15, 0.2) is 35.1 Å². The molecule has 0 unspecified atom stereocenters. The number of H-pyrrole nitrogens is 1. The zero-order valence-electron chi connectivity index (χ0n) is 12.5. The smallest absolute Gasteiger partial charge is 0.270 e. The maximum atomic E-state index is 12.3. The molecule has 0 aliphatic rings. The van der Waals surface area contributed by atoms with Gasteiger partial charge in [0.2, 0.25) is 5.78 Å². The molecule has 2 heterocycles. The third kappa shape index (κ3) is 2.84. The molecule has 2 aromatic heterocycles. The molecule has 122 valence electrons. The number of fused-ring (bicyclic) bond motifs is 1. The summed E-state index contributed by atoms with van der Waals surface area (Å²) in [4.78, 5) is 40.8. The van der Waals surface area contributed by atoms with Crippen LogP contribution < -0.4 is 10.9 Å². The molecule has 0 radical (unpaired) electrons. The lowest BCUT2D eigenvalue weighted by Gasteiger charge is -2.06. The third-order valence-corrected chi connectivity index (χ3v) is 3.26. The van der Waals surface area contributed by atoms with Crippen LogP contribution in [0.25, 0.3) is 5.78 Å². The molecule has 3 aromatic rings. The Balaban J connectivity index is 1.98. The number of nitrogens with one attached hydrogen (secondary N) is 2. The normalized spacial score (nSPS) is 10.7. The summed E-state index contributed by atoms with van der Waals surface area (Å²) >= 11 is 0. The average molecular weight is 328 g/mol. The number of aromatic amines is 1. The molecule has 3 rings (SSSR count). The van der Waals surface area contributed by atoms with Crippen LogP contribution in [0.1, 0.15) is 23.1 Å². The van der Waals surface area contributed by atoms with Gasteiger partial charge in [-0.2, -0.15) is 9.50 Å². The first-order valence-electron chi connectivity index (χ1n) is 7.02. The molecule has 1 aromatic carbocycles. The molecule has 0 bridgehead atoms. The van der Waals surface area contributed by atoms with Crippen molar-refractivity contribution < 1.29 is 9.72 Å². The highest BCUT2D eigenvalue weighted by molar-refractivity contribution is 6.04. The highest BCUT2D eigenvalue weighted by Crippen LogP contribution is 2.15. The first-order chi connectivity index (χ1) is 11.5. The van der Waals surface area contributed by atoms with Gasteiger partial charge in [-0.25, -0.2) is 0 Å². The number of carbonyl (C=O) groups is 1. The maximum absolute atomic E-state index is 12.3. The fraction of sp³-hybridized carbons (Fsp3) is 0.143. The largest absolute Gasteiger partial charge is 0.306 e. The van der Waals surface area contributed by atoms with Crippen LogP contribution in [0.5, 0.6) is 0 Å². The van der Waals surface area contributed by atoms with Gasteiger partial charge in [0.05, 0.1) is 4.92 Å². The predicted molar refractivity (Wildman–Crippen MR) is 84.0 cm³/mol. The van der Waals surface area contributed by atoms with Crippen LogP contribution in [0.4, 0.5) is 11.5 Å². The number of rotatable bonds is 4. The monoisotopic (exact) mass is 328 g/mol. The Morgan fingerprint density at radius 3 is 2.92 bits per heavy atom. The van der Waals surface area contributed by atoms with Crippen molar-refractivity contribution in [1.82, 2.24) is 19.6 Å². The lowest BCUT2D eigenvalue weighted by Crippen LogP contribution is -2.18. The molecule has 10 heteroatoms. The molecule has 10 nitrogen and oxygen atoms in total. The van der Waals surface area contributed by atoms with E-state index in [-0.39, 0.29) is 22.8 Å². The number of hydrogen-bond acceptors (Lipinski definition) is 6. The summed E-state index contributed by atoms with van der Waals surface area (Å²) in [6, 6.07) is 6.44. The van der Waals surface area contributed by atoms with E-state index in [0.717, 1.165) is 12.1 Å². The molecule has 1 amide bonds. The van der Waals surface area contributed by atoms with Crippen molar-refractivity contribution in [2.75, 3.05) is 5.32 Å². The van der Waals surface area contributed by atoms with E-state index in [2.05, 4.69) is 20.4 Å². The zero-order chi connectivity index (χ0) is 17.3. The van der Waals surface area contributed by atoms with Crippen molar-refractivity contribution >= 4 is 23.2 Å². The minimum Gasteiger partial charge on any atom is -0.306 e. The number of anilines is 1. The summed E-state index contributed by atoms with van der Waals surface area (Å²) in [6.45, 7) is 1.86. The predicted octanol–water partition coefficient (Wildman–Crippen LogP) is 1.14. The van der Waals surface area contributed by atoms with Crippen LogP contribution >= 0.6 is 0 Å². The van der Waals surface area contributed by atoms with Gasteiger partial charge in [-0.15, -0.1) is 5.10 Å². The molecule has 0 atom stereocenters. The van der Waals surface area contributed by atoms with Gasteiger partial charge in [-0.1, -0.05) is 13.0 Å². The molecule has 0 aliphatic heterocycles. The van der Waals surface area contributed by atoms with E-state index in [1.54, 1.807) is 0 Å². The molecular weight excluding hydrogens is 316 g/mol. The Labute approximate surface area is 134 Å². The summed E-state index contributed by atoms with van der Waals surface area (Å²) < 4.78 is 1.30. The lowest BCUT2D eigenvalue weighted by atomic mass is 10.2. The van der Waals surface area contributed by atoms with Gasteiger partial charge in [-0.3, -0.25) is 24.7 Å². The van der Waals surface area contributed by atoms with Gasteiger partial charge in [-0.05, 0) is 6.07 Å². The Kier molecular flexibility index (Phi) is 3.78. The number of nitro benzene ring substituents is 1. The van der Waals surface area contributed by atoms with Crippen LogP contribution in [0, 0.1) is 10.1 Å². The SMILES string of the molecule is CCc1nc2[nH]c(=O)cc(NC(=O)c3cccc([N+](=O)[O-])c3)n2n1. The standard InChI is InChI=1S/C14H12N6O4/c1-2-10-15-14-17-12(21)7-11(19(14)18-10)16-13(22)8-4-3-5-9(6-8)20(23)24/h3-7H,2H2,1H3,(H,16,22)(H,15,17,18,21). The van der Waals surface area contributed by atoms with Crippen molar-refractivity contribution in [2.45, 2.75) is 13.3 Å². The molecular formula is C14H12N6O4. The lowest BCUT2D eigenvalue weighted by molar-refractivity contribution is -0.384. The number of carbonyl (C=O) groups excluding carboxylic acids is 1. The van der Waals surface area contributed by atoms with E-state index >= 15 is 0 Å². The number of aryl methyl sites for hydroxylation is 1. The van der Waals surface area contributed by atoms with Gasteiger partial charge >= 0.3 is 0 Å². The fourth-order valence-electron chi connectivity index (χ4n) is 2.12. The number of aromatic nitrogens is 4. The maximum Gasteiger partial charge on any atom is 0.270 e. The Hall–Kier alpha value is -3.56. The second kappa shape index (κ2) is 5.91. The topological polar surface area (TPSA) is 135 Å². The van der Waals surface area contributed by atoms with Gasteiger partial charge in [0.1, 0.15) is 5.82 Å². The number of benzene rings is 1. The summed E-state index contributed by atoms with van der Waals surface area (Å²) in [5.74, 6) is 0.230. The number of hydrogen-bond donors (Lipinski definition) is 2. The highest BCUT2D eigenvalue weighted by atomic mass is 16.6. The van der Waals surface area contributed by atoms with Crippen LogP contribution in [-0.4, -0.2) is 30.4 Å². The van der Waals surface area contributed by atoms with Crippen molar-refractivity contribution in [2.24, 2.45) is 0 Å². The summed E-state index contributed by atoms with van der Waals surface area (Å²) in [6.07, 6.45) is 0.558. The van der Waals surface area contributed by atoms with Gasteiger partial charge in [0.15, 0.2) is 5.82 Å². The second-order valence-electron chi connectivity index (χ2n) is 4.90. The molecule has 0 saturated heterocycles. The van der Waals surface area contributed by atoms with E-state index < -0.39 is 16.4 Å². The zero-order valence-corrected chi connectivity index (χ0v) is 12.5. The highest BCUT2D eigenvalue weighted by Gasteiger charge is 2.15. The summed E-state index contributed by atoms with van der Waals surface area (Å²) in [5, 5.41) is 17.5. The van der Waals surface area contributed by atoms with Crippen LogP contribution in [0.3, 0.4) is 0 Å². The first kappa shape index (κ1) is 15.3. The van der Waals surface area contributed by atoms with E-state index in [0.29, 0.717) is 12.2 Å². The third-order valence-electron chi connectivity index (χ3n) is 3.26. The average Bonchev–Trinajstić information content (AvgIpc) is 2.98. The fourth-order valence-corrected chi connectivity index (χ4v) is 2.12. The van der Waals surface area contributed by atoms with Gasteiger partial charge < -0.3 is 5.32 Å². The van der Waals surface area contributed by atoms with E-state index in [1.165, 1.54) is 22.7 Å². The van der Waals surface area contributed by atoms with Crippen molar-refractivity contribution in [1.29, 1.82) is 0 Å². The van der Waals surface area contributed by atoms with Crippen molar-refractivity contribution in [3.63, 3.8) is 0 Å². The summed E-state index contributed by atoms with van der Waals surface area (Å²) in [7, 11) is 0. The van der Waals surface area contributed by atoms with Crippen molar-refractivity contribution in [3.05, 3.63) is 62.2 Å². The second-order valence-corrected chi connectivity index (χ2v) is 4.90. The molecule has 0 aliphatic carbocycles. The van der Waals surface area contributed by atoms with E-state index in [4.69, 9.17) is 0 Å². The van der Waals surface area contributed by atoms with Crippen LogP contribution in [0.2, 0.25) is 0 Å². The molecule has 0 fully saturated rings. The van der Waals surface area contributed by atoms with Gasteiger partial charge in [0.25, 0.3) is 17.2 Å². The number of nitrogens with zero attached hydrogens (tertiary/aromatic N) is 4. The number of non-ortho nitro benzene ring substituents is 1. The van der Waals surface area contributed by atoms with E-state index in [1.807, 2.05) is 6.92 Å². The minimum absolute atomic E-state index is 0.0912. The Morgan fingerprint density at radius 1 is 1.42 bits per heavy atom. The summed E-state index contributed by atoms with van der Waals surface area (Å²) in [5.41, 5.74) is -0.562. The number of nitro groups is 1. The Morgan fingerprint density at radius 2 is 2.21 bits per heavy atom. The van der Waals surface area contributed by atoms with Gasteiger partial charge in [0, 0.05) is 30.2 Å². The number of amides is 1. The van der Waals surface area contributed by atoms with Crippen molar-refractivity contribution in [3.8, 4) is 0 Å². The molecule has 24 heavy (non-hydrogen) atoms. The quantitative estimate of drug-likeness (QED) is 0.544. The molecule has 2 N–H and O–H groups in total. The van der Waals surface area contributed by atoms with E-state index in [9.17, 15) is 19.7 Å². The first-order valence-corrected chi connectivity index (χ1v) is 7.02. The Bertz CT molecular complexity index is 1010. The molecule has 0 saturated carbocycles.